The quantitative estimate of drug-likeness (QED) is 0.399. The van der Waals surface area contributed by atoms with Gasteiger partial charge >= 0.3 is 17.9 Å². The Kier molecular flexibility index (Phi) is 3.97. The largest absolute Gasteiger partial charge is 0.573 e. The highest BCUT2D eigenvalue weighted by Gasteiger charge is 2.45. The van der Waals surface area contributed by atoms with Crippen molar-refractivity contribution in [3.05, 3.63) is 57.9 Å². The number of dihydropyridines is 1. The number of rotatable bonds is 3. The first-order valence-electron chi connectivity index (χ1n) is 5.96. The summed E-state index contributed by atoms with van der Waals surface area (Å²) < 4.78 is 55.0. The lowest BCUT2D eigenvalue weighted by molar-refractivity contribution is -0.439. The lowest BCUT2D eigenvalue weighted by Gasteiger charge is -2.21. The van der Waals surface area contributed by atoms with Gasteiger partial charge in [-0.25, -0.2) is 0 Å². The average Bonchev–Trinajstić information content (AvgIpc) is 2.46. The number of ether oxygens (including phenoxy) is 1. The van der Waals surface area contributed by atoms with Gasteiger partial charge in [0.1, 0.15) is 11.8 Å². The molecule has 6 nitrogen and oxygen atoms in total. The first-order valence-corrected chi connectivity index (χ1v) is 5.96. The molecule has 10 heteroatoms. The Morgan fingerprint density at radius 3 is 2.57 bits per heavy atom. The molecule has 0 aromatic heterocycles. The number of nitrogens with zero attached hydrogens (tertiary/aromatic N) is 2. The fraction of sp³-hybridized carbons (Fsp3) is 0.154. The average molecular weight is 329 g/mol. The third kappa shape index (κ3) is 3.39. The summed E-state index contributed by atoms with van der Waals surface area (Å²) in [7, 11) is 0. The van der Waals surface area contributed by atoms with Crippen LogP contribution < -0.4 is 10.1 Å². The van der Waals surface area contributed by atoms with Gasteiger partial charge in [-0.15, -0.1) is 13.2 Å². The molecule has 0 fully saturated rings. The number of alkyl halides is 4. The zero-order chi connectivity index (χ0) is 17.3. The van der Waals surface area contributed by atoms with Crippen molar-refractivity contribution >= 4 is 5.57 Å². The topological polar surface area (TPSA) is 88.2 Å². The SMILES string of the molecule is N#CC1(F)NC=C(c2ccccc2OC(F)(F)F)C=C1[N+](=O)[O-]. The van der Waals surface area contributed by atoms with E-state index in [9.17, 15) is 27.7 Å². The summed E-state index contributed by atoms with van der Waals surface area (Å²) in [6, 6.07) is 5.95. The molecular formula is C13H7F4N3O3. The second-order valence-electron chi connectivity index (χ2n) is 4.34. The highest BCUT2D eigenvalue weighted by atomic mass is 19.4. The van der Waals surface area contributed by atoms with E-state index in [0.29, 0.717) is 6.08 Å². The van der Waals surface area contributed by atoms with Crippen molar-refractivity contribution in [1.29, 1.82) is 5.26 Å². The lowest BCUT2D eigenvalue weighted by atomic mass is 9.99. The maximum atomic E-state index is 14.0. The Morgan fingerprint density at radius 2 is 2.00 bits per heavy atom. The summed E-state index contributed by atoms with van der Waals surface area (Å²) in [6.45, 7) is 0. The smallest absolute Gasteiger partial charge is 0.405 e. The monoisotopic (exact) mass is 329 g/mol. The number of benzene rings is 1. The summed E-state index contributed by atoms with van der Waals surface area (Å²) in [5, 5.41) is 21.5. The Morgan fingerprint density at radius 1 is 1.35 bits per heavy atom. The molecule has 0 aliphatic carbocycles. The minimum absolute atomic E-state index is 0.139. The predicted molar refractivity (Wildman–Crippen MR) is 68.8 cm³/mol. The van der Waals surface area contributed by atoms with E-state index in [-0.39, 0.29) is 11.1 Å². The van der Waals surface area contributed by atoms with E-state index in [0.717, 1.165) is 18.3 Å². The summed E-state index contributed by atoms with van der Waals surface area (Å²) >= 11 is 0. The van der Waals surface area contributed by atoms with Gasteiger partial charge in [0, 0.05) is 23.4 Å². The van der Waals surface area contributed by atoms with Crippen molar-refractivity contribution < 1.29 is 27.2 Å². The molecule has 23 heavy (non-hydrogen) atoms. The molecule has 1 aliphatic heterocycles. The van der Waals surface area contributed by atoms with E-state index in [4.69, 9.17) is 5.26 Å². The van der Waals surface area contributed by atoms with E-state index in [1.54, 1.807) is 0 Å². The van der Waals surface area contributed by atoms with Gasteiger partial charge in [0.25, 0.3) is 0 Å². The van der Waals surface area contributed by atoms with Crippen molar-refractivity contribution in [1.82, 2.24) is 5.32 Å². The number of hydrogen-bond acceptors (Lipinski definition) is 5. The Labute approximate surface area is 126 Å². The molecule has 0 radical (unpaired) electrons. The van der Waals surface area contributed by atoms with Crippen LogP contribution in [0.25, 0.3) is 5.57 Å². The molecule has 2 rings (SSSR count). The van der Waals surface area contributed by atoms with Crippen LogP contribution in [0.3, 0.4) is 0 Å². The van der Waals surface area contributed by atoms with Crippen molar-refractivity contribution in [2.45, 2.75) is 12.2 Å². The summed E-state index contributed by atoms with van der Waals surface area (Å²) in [4.78, 5) is 9.76. The molecule has 1 aromatic carbocycles. The normalized spacial score (nSPS) is 20.7. The van der Waals surface area contributed by atoms with Gasteiger partial charge in [-0.05, 0) is 6.07 Å². The maximum absolute atomic E-state index is 14.0. The van der Waals surface area contributed by atoms with Gasteiger partial charge in [0.2, 0.25) is 0 Å². The van der Waals surface area contributed by atoms with Crippen molar-refractivity contribution in [2.24, 2.45) is 0 Å². The summed E-state index contributed by atoms with van der Waals surface area (Å²) in [5.74, 6) is -3.69. The van der Waals surface area contributed by atoms with Crippen LogP contribution in [0, 0.1) is 21.4 Å². The third-order valence-corrected chi connectivity index (χ3v) is 2.85. The molecule has 0 saturated carbocycles. The molecule has 1 heterocycles. The van der Waals surface area contributed by atoms with E-state index in [2.05, 4.69) is 4.74 Å². The van der Waals surface area contributed by atoms with Gasteiger partial charge in [0.05, 0.1) is 4.92 Å². The minimum Gasteiger partial charge on any atom is -0.405 e. The molecule has 0 amide bonds. The molecule has 1 aromatic rings. The van der Waals surface area contributed by atoms with Crippen LogP contribution in [0.5, 0.6) is 5.75 Å². The fourth-order valence-electron chi connectivity index (χ4n) is 1.88. The highest BCUT2D eigenvalue weighted by Crippen LogP contribution is 2.35. The molecular weight excluding hydrogens is 322 g/mol. The number of halogens is 4. The number of hydrogen-bond donors (Lipinski definition) is 1. The highest BCUT2D eigenvalue weighted by molar-refractivity contribution is 5.79. The van der Waals surface area contributed by atoms with Gasteiger partial charge in [-0.1, -0.05) is 18.2 Å². The molecule has 1 aliphatic rings. The molecule has 120 valence electrons. The third-order valence-electron chi connectivity index (χ3n) is 2.85. The Balaban J connectivity index is 2.49. The van der Waals surface area contributed by atoms with Crippen LogP contribution in [-0.4, -0.2) is 17.1 Å². The first-order chi connectivity index (χ1) is 10.7. The standard InChI is InChI=1S/C13H7F4N3O3/c14-12(7-18)11(20(21)22)5-8(6-19-12)9-3-1-2-4-10(9)23-13(15,16)17/h1-6,19H. The van der Waals surface area contributed by atoms with Gasteiger partial charge in [-0.2, -0.15) is 9.65 Å². The van der Waals surface area contributed by atoms with Crippen LogP contribution >= 0.6 is 0 Å². The van der Waals surface area contributed by atoms with Gasteiger partial charge in [0.15, 0.2) is 0 Å². The lowest BCUT2D eigenvalue weighted by Crippen LogP contribution is -2.42. The Bertz CT molecular complexity index is 752. The molecule has 0 bridgehead atoms. The number of para-hydroxylation sites is 1. The van der Waals surface area contributed by atoms with Crippen LogP contribution in [0.4, 0.5) is 17.6 Å². The van der Waals surface area contributed by atoms with Crippen molar-refractivity contribution in [3.8, 4) is 11.8 Å². The van der Waals surface area contributed by atoms with Gasteiger partial charge < -0.3 is 10.1 Å². The Hall–Kier alpha value is -3.09. The molecule has 1 atom stereocenters. The molecule has 0 saturated heterocycles. The number of nitrogens with one attached hydrogen (secondary N) is 1. The van der Waals surface area contributed by atoms with Crippen LogP contribution in [-0.2, 0) is 0 Å². The van der Waals surface area contributed by atoms with E-state index in [1.165, 1.54) is 18.2 Å². The van der Waals surface area contributed by atoms with Crippen molar-refractivity contribution in [3.63, 3.8) is 0 Å². The van der Waals surface area contributed by atoms with Crippen LogP contribution in [0.1, 0.15) is 5.56 Å². The zero-order valence-corrected chi connectivity index (χ0v) is 11.1. The van der Waals surface area contributed by atoms with E-state index < -0.39 is 28.5 Å². The van der Waals surface area contributed by atoms with Crippen LogP contribution in [0.15, 0.2) is 42.2 Å². The van der Waals surface area contributed by atoms with E-state index >= 15 is 0 Å². The summed E-state index contributed by atoms with van der Waals surface area (Å²) in [5.41, 5.74) is -1.43. The molecule has 1 N–H and O–H groups in total. The maximum Gasteiger partial charge on any atom is 0.573 e. The zero-order valence-electron chi connectivity index (χ0n) is 11.1. The second-order valence-corrected chi connectivity index (χ2v) is 4.34. The second kappa shape index (κ2) is 5.60. The number of allylic oxidation sites excluding steroid dienone is 2. The van der Waals surface area contributed by atoms with E-state index in [1.807, 2.05) is 5.32 Å². The van der Waals surface area contributed by atoms with Crippen molar-refractivity contribution in [2.75, 3.05) is 0 Å². The minimum atomic E-state index is -4.97. The number of nitriles is 1. The molecule has 0 spiro atoms. The molecule has 1 unspecified atom stereocenters. The van der Waals surface area contributed by atoms with Crippen LogP contribution in [0.2, 0.25) is 0 Å². The summed E-state index contributed by atoms with van der Waals surface area (Å²) in [6.07, 6.45) is -3.42. The number of nitro groups is 1. The predicted octanol–water partition coefficient (Wildman–Crippen LogP) is 2.88. The first kappa shape index (κ1) is 16.3. The fourth-order valence-corrected chi connectivity index (χ4v) is 1.88. The van der Waals surface area contributed by atoms with Gasteiger partial charge in [-0.3, -0.25) is 10.1 Å².